The quantitative estimate of drug-likeness (QED) is 0.728. The van der Waals surface area contributed by atoms with Gasteiger partial charge in [-0.15, -0.1) is 0 Å². The van der Waals surface area contributed by atoms with Crippen molar-refractivity contribution in [3.05, 3.63) is 35.7 Å². The van der Waals surface area contributed by atoms with Gasteiger partial charge in [0.05, 0.1) is 38.6 Å². The molecule has 1 saturated heterocycles. The second-order valence-corrected chi connectivity index (χ2v) is 6.39. The van der Waals surface area contributed by atoms with E-state index < -0.39 is 11.9 Å². The highest BCUT2D eigenvalue weighted by Crippen LogP contribution is 2.37. The van der Waals surface area contributed by atoms with Gasteiger partial charge in [-0.25, -0.2) is 4.79 Å². The molecular weight excluding hydrogens is 364 g/mol. The van der Waals surface area contributed by atoms with Crippen LogP contribution in [-0.2, 0) is 4.74 Å². The van der Waals surface area contributed by atoms with Crippen LogP contribution in [0.3, 0.4) is 0 Å². The molecule has 9 heteroatoms. The Morgan fingerprint density at radius 3 is 2.71 bits per heavy atom. The molecule has 1 amide bonds. The minimum absolute atomic E-state index is 0.229. The largest absolute Gasteiger partial charge is 0.493 e. The fourth-order valence-corrected chi connectivity index (χ4v) is 3.20. The van der Waals surface area contributed by atoms with E-state index in [9.17, 15) is 9.59 Å². The molecule has 1 aromatic heterocycles. The van der Waals surface area contributed by atoms with Crippen LogP contribution in [0.2, 0.25) is 0 Å². The summed E-state index contributed by atoms with van der Waals surface area (Å²) in [5, 5.41) is 10.5. The number of rotatable bonds is 6. The number of nitrogens with one attached hydrogen (secondary N) is 2. The van der Waals surface area contributed by atoms with E-state index in [1.54, 1.807) is 12.3 Å². The molecule has 1 aromatic carbocycles. The number of aromatic nitrogens is 2. The van der Waals surface area contributed by atoms with Crippen LogP contribution in [0.15, 0.2) is 24.4 Å². The molecule has 0 spiro atoms. The van der Waals surface area contributed by atoms with E-state index in [4.69, 9.17) is 14.2 Å². The Morgan fingerprint density at radius 2 is 2.07 bits per heavy atom. The molecule has 0 bridgehead atoms. The number of esters is 1. The topological polar surface area (TPSA) is 104 Å². The summed E-state index contributed by atoms with van der Waals surface area (Å²) in [6, 6.07) is 4.86. The van der Waals surface area contributed by atoms with Crippen LogP contribution in [0.1, 0.15) is 39.7 Å². The molecule has 9 nitrogen and oxygen atoms in total. The van der Waals surface area contributed by atoms with E-state index >= 15 is 0 Å². The monoisotopic (exact) mass is 388 g/mol. The number of carbonyl (C=O) groups excluding carboxylic acids is 2. The normalized spacial score (nSPS) is 16.3. The molecule has 150 valence electrons. The maximum Gasteiger partial charge on any atom is 0.338 e. The van der Waals surface area contributed by atoms with Gasteiger partial charge < -0.3 is 24.8 Å². The number of piperidine rings is 1. The summed E-state index contributed by atoms with van der Waals surface area (Å²) in [4.78, 5) is 24.6. The summed E-state index contributed by atoms with van der Waals surface area (Å²) in [5.41, 5.74) is 0.797. The van der Waals surface area contributed by atoms with Crippen LogP contribution in [0.25, 0.3) is 0 Å². The molecule has 0 radical (unpaired) electrons. The molecule has 1 fully saturated rings. The molecule has 1 atom stereocenters. The van der Waals surface area contributed by atoms with Gasteiger partial charge >= 0.3 is 5.97 Å². The maximum absolute atomic E-state index is 12.7. The van der Waals surface area contributed by atoms with Crippen LogP contribution >= 0.6 is 0 Å². The average Bonchev–Trinajstić information content (AvgIpc) is 3.23. The Kier molecular flexibility index (Phi) is 6.15. The van der Waals surface area contributed by atoms with Gasteiger partial charge in [0.25, 0.3) is 5.91 Å². The lowest BCUT2D eigenvalue weighted by Gasteiger charge is -2.22. The van der Waals surface area contributed by atoms with Crippen molar-refractivity contribution >= 4 is 17.6 Å². The maximum atomic E-state index is 12.7. The number of methoxy groups -OCH3 is 3. The van der Waals surface area contributed by atoms with Gasteiger partial charge in [-0.05, 0) is 37.6 Å². The van der Waals surface area contributed by atoms with Crippen LogP contribution in [0.5, 0.6) is 11.5 Å². The number of hydrogen-bond acceptors (Lipinski definition) is 7. The molecule has 2 heterocycles. The molecular formula is C19H24N4O5. The van der Waals surface area contributed by atoms with Crippen molar-refractivity contribution < 1.29 is 23.8 Å². The molecule has 0 aliphatic carbocycles. The number of benzene rings is 1. The van der Waals surface area contributed by atoms with E-state index in [1.165, 1.54) is 33.5 Å². The Bertz CT molecular complexity index is 858. The summed E-state index contributed by atoms with van der Waals surface area (Å²) in [7, 11) is 4.19. The first-order valence-electron chi connectivity index (χ1n) is 8.99. The zero-order valence-electron chi connectivity index (χ0n) is 16.2. The number of carbonyl (C=O) groups is 2. The number of hydrogen-bond donors (Lipinski definition) is 2. The van der Waals surface area contributed by atoms with Crippen molar-refractivity contribution in [2.45, 2.75) is 18.9 Å². The second-order valence-electron chi connectivity index (χ2n) is 6.39. The second kappa shape index (κ2) is 8.75. The number of anilines is 1. The highest BCUT2D eigenvalue weighted by atomic mass is 16.5. The third kappa shape index (κ3) is 4.09. The SMILES string of the molecule is COC(=O)c1cc(NC(=O)c2ccn(C3CCCNC3)n2)c(OC)c(OC)c1. The highest BCUT2D eigenvalue weighted by molar-refractivity contribution is 6.05. The van der Waals surface area contributed by atoms with E-state index in [-0.39, 0.29) is 17.3 Å². The van der Waals surface area contributed by atoms with Crippen molar-refractivity contribution in [2.24, 2.45) is 0 Å². The number of nitrogens with zero attached hydrogens (tertiary/aromatic N) is 2. The first-order valence-corrected chi connectivity index (χ1v) is 8.99. The van der Waals surface area contributed by atoms with Crippen LogP contribution in [0, 0.1) is 0 Å². The lowest BCUT2D eigenvalue weighted by molar-refractivity contribution is 0.0600. The van der Waals surface area contributed by atoms with Gasteiger partial charge in [-0.3, -0.25) is 9.48 Å². The van der Waals surface area contributed by atoms with Crippen molar-refractivity contribution in [1.29, 1.82) is 0 Å². The smallest absolute Gasteiger partial charge is 0.338 e. The van der Waals surface area contributed by atoms with Gasteiger partial charge in [0, 0.05) is 12.7 Å². The Labute approximate surface area is 163 Å². The van der Waals surface area contributed by atoms with E-state index in [0.717, 1.165) is 25.9 Å². The predicted molar refractivity (Wildman–Crippen MR) is 102 cm³/mol. The summed E-state index contributed by atoms with van der Waals surface area (Å²) >= 11 is 0. The van der Waals surface area contributed by atoms with Crippen molar-refractivity contribution in [3.8, 4) is 11.5 Å². The Balaban J connectivity index is 1.84. The minimum Gasteiger partial charge on any atom is -0.493 e. The summed E-state index contributed by atoms with van der Waals surface area (Å²) in [5.74, 6) is -0.352. The van der Waals surface area contributed by atoms with E-state index in [0.29, 0.717) is 17.2 Å². The minimum atomic E-state index is -0.550. The Hall–Kier alpha value is -3.07. The standard InChI is InChI=1S/C19H24N4O5/c1-26-16-10-12(19(25)28-3)9-15(17(16)27-2)21-18(24)14-6-8-23(22-14)13-5-4-7-20-11-13/h6,8-10,13,20H,4-5,7,11H2,1-3H3,(H,21,24). The van der Waals surface area contributed by atoms with Gasteiger partial charge in [-0.1, -0.05) is 0 Å². The molecule has 1 aliphatic rings. The zero-order chi connectivity index (χ0) is 20.1. The predicted octanol–water partition coefficient (Wildman–Crippen LogP) is 1.86. The van der Waals surface area contributed by atoms with Crippen molar-refractivity contribution in [3.63, 3.8) is 0 Å². The first-order chi connectivity index (χ1) is 13.6. The molecule has 3 rings (SSSR count). The van der Waals surface area contributed by atoms with Gasteiger partial charge in [0.2, 0.25) is 0 Å². The van der Waals surface area contributed by atoms with Gasteiger partial charge in [0.1, 0.15) is 0 Å². The van der Waals surface area contributed by atoms with Gasteiger partial charge in [0.15, 0.2) is 17.2 Å². The van der Waals surface area contributed by atoms with Crippen LogP contribution in [-0.4, -0.2) is 56.1 Å². The Morgan fingerprint density at radius 1 is 1.25 bits per heavy atom. The molecule has 2 N–H and O–H groups in total. The zero-order valence-corrected chi connectivity index (χ0v) is 16.2. The third-order valence-corrected chi connectivity index (χ3v) is 4.63. The summed E-state index contributed by atoms with van der Waals surface area (Å²) in [6.07, 6.45) is 3.89. The number of amides is 1. The lowest BCUT2D eigenvalue weighted by Crippen LogP contribution is -2.32. The molecule has 1 unspecified atom stereocenters. The molecule has 28 heavy (non-hydrogen) atoms. The average molecular weight is 388 g/mol. The van der Waals surface area contributed by atoms with Crippen LogP contribution in [0.4, 0.5) is 5.69 Å². The summed E-state index contributed by atoms with van der Waals surface area (Å²) in [6.45, 7) is 1.83. The van der Waals surface area contributed by atoms with Crippen LogP contribution < -0.4 is 20.1 Å². The van der Waals surface area contributed by atoms with E-state index in [2.05, 4.69) is 15.7 Å². The molecule has 1 aliphatic heterocycles. The third-order valence-electron chi connectivity index (χ3n) is 4.63. The highest BCUT2D eigenvalue weighted by Gasteiger charge is 2.21. The first kappa shape index (κ1) is 19.7. The fourth-order valence-electron chi connectivity index (χ4n) is 3.20. The van der Waals surface area contributed by atoms with E-state index in [1.807, 2.05) is 4.68 Å². The molecule has 0 saturated carbocycles. The van der Waals surface area contributed by atoms with Crippen molar-refractivity contribution in [2.75, 3.05) is 39.7 Å². The molecule has 2 aromatic rings. The summed E-state index contributed by atoms with van der Waals surface area (Å²) < 4.78 is 17.2. The number of ether oxygens (including phenoxy) is 3. The van der Waals surface area contributed by atoms with Gasteiger partial charge in [-0.2, -0.15) is 5.10 Å². The van der Waals surface area contributed by atoms with Crippen molar-refractivity contribution in [1.82, 2.24) is 15.1 Å². The fraction of sp³-hybridized carbons (Fsp3) is 0.421. The lowest BCUT2D eigenvalue weighted by atomic mass is 10.1.